The van der Waals surface area contributed by atoms with Gasteiger partial charge in [-0.1, -0.05) is 42.5 Å². The molecule has 0 saturated carbocycles. The normalized spacial score (nSPS) is 15.7. The predicted octanol–water partition coefficient (Wildman–Crippen LogP) is 3.29. The highest BCUT2D eigenvalue weighted by Crippen LogP contribution is 2.37. The predicted molar refractivity (Wildman–Crippen MR) is 132 cm³/mol. The number of rotatable bonds is 9. The molecule has 2 heterocycles. The molecule has 0 aliphatic carbocycles. The Hall–Kier alpha value is -3.21. The van der Waals surface area contributed by atoms with E-state index in [4.69, 9.17) is 9.47 Å². The molecule has 1 N–H and O–H groups in total. The number of amides is 1. The number of nitrogens with one attached hydrogen (secondary N) is 1. The fourth-order valence-electron chi connectivity index (χ4n) is 4.01. The van der Waals surface area contributed by atoms with E-state index in [0.717, 1.165) is 28.0 Å². The van der Waals surface area contributed by atoms with Crippen LogP contribution in [0.25, 0.3) is 0 Å². The molecule has 1 amide bonds. The Morgan fingerprint density at radius 2 is 1.86 bits per heavy atom. The van der Waals surface area contributed by atoms with Crippen molar-refractivity contribution < 1.29 is 27.5 Å². The smallest absolute Gasteiger partial charge is 0.308 e. The summed E-state index contributed by atoms with van der Waals surface area (Å²) in [6.07, 6.45) is 0.369. The van der Waals surface area contributed by atoms with Crippen LogP contribution in [0.15, 0.2) is 70.3 Å². The van der Waals surface area contributed by atoms with Crippen molar-refractivity contribution in [3.63, 3.8) is 0 Å². The third-order valence-electron chi connectivity index (χ3n) is 5.79. The molecule has 0 spiro atoms. The molecule has 0 bridgehead atoms. The van der Waals surface area contributed by atoms with Crippen molar-refractivity contribution in [2.75, 3.05) is 20.3 Å². The van der Waals surface area contributed by atoms with Gasteiger partial charge in [0.2, 0.25) is 0 Å². The van der Waals surface area contributed by atoms with Crippen molar-refractivity contribution in [1.82, 2.24) is 9.62 Å². The molecule has 1 aliphatic heterocycles. The highest BCUT2D eigenvalue weighted by atomic mass is 32.2. The maximum atomic E-state index is 13.3. The molecule has 0 saturated heterocycles. The zero-order valence-electron chi connectivity index (χ0n) is 19.2. The van der Waals surface area contributed by atoms with Crippen molar-refractivity contribution in [1.29, 1.82) is 0 Å². The van der Waals surface area contributed by atoms with Crippen LogP contribution in [0.1, 0.15) is 29.2 Å². The van der Waals surface area contributed by atoms with Crippen LogP contribution < -0.4 is 10.1 Å². The van der Waals surface area contributed by atoms with Crippen LogP contribution in [0.2, 0.25) is 0 Å². The topological polar surface area (TPSA) is 102 Å². The highest BCUT2D eigenvalue weighted by molar-refractivity contribution is 7.91. The number of esters is 1. The summed E-state index contributed by atoms with van der Waals surface area (Å²) in [5.74, 6) is -0.368. The Morgan fingerprint density at radius 1 is 1.09 bits per heavy atom. The Bertz CT molecular complexity index is 1270. The number of thiophene rings is 1. The second kappa shape index (κ2) is 11.0. The number of hydrogen-bond acceptors (Lipinski definition) is 7. The molecule has 1 atom stereocenters. The van der Waals surface area contributed by atoms with E-state index in [0.29, 0.717) is 12.2 Å². The lowest BCUT2D eigenvalue weighted by Gasteiger charge is -2.35. The van der Waals surface area contributed by atoms with E-state index in [1.54, 1.807) is 36.8 Å². The summed E-state index contributed by atoms with van der Waals surface area (Å²) in [6.45, 7) is 0.0990. The lowest BCUT2D eigenvalue weighted by molar-refractivity contribution is -0.149. The molecule has 8 nitrogen and oxygen atoms in total. The minimum atomic E-state index is -3.78. The van der Waals surface area contributed by atoms with Crippen molar-refractivity contribution in [3.8, 4) is 5.75 Å². The standard InChI is InChI=1S/C25H26N2O6S2/c1-32-20-10-8-18(9-11-20)16-26-23(28)17-33-24(29)15-22-21-6-3-2-5-19(21)12-13-27(22)35(30,31)25-7-4-14-34-25/h2-11,14,22H,12-13,15-17H2,1H3,(H,26,28). The number of methoxy groups -OCH3 is 1. The molecule has 2 aromatic carbocycles. The van der Waals surface area contributed by atoms with E-state index in [1.165, 1.54) is 4.31 Å². The fraction of sp³-hybridized carbons (Fsp3) is 0.280. The van der Waals surface area contributed by atoms with E-state index < -0.39 is 34.5 Å². The Labute approximate surface area is 208 Å². The van der Waals surface area contributed by atoms with Crippen molar-refractivity contribution in [2.45, 2.75) is 29.6 Å². The van der Waals surface area contributed by atoms with E-state index in [-0.39, 0.29) is 23.7 Å². The van der Waals surface area contributed by atoms with Gasteiger partial charge in [-0.15, -0.1) is 11.3 Å². The summed E-state index contributed by atoms with van der Waals surface area (Å²) in [7, 11) is -2.20. The van der Waals surface area contributed by atoms with Crippen LogP contribution in [0.4, 0.5) is 0 Å². The van der Waals surface area contributed by atoms with Crippen molar-refractivity contribution in [3.05, 3.63) is 82.7 Å². The highest BCUT2D eigenvalue weighted by Gasteiger charge is 2.38. The minimum Gasteiger partial charge on any atom is -0.497 e. The van der Waals surface area contributed by atoms with Crippen LogP contribution in [-0.2, 0) is 37.3 Å². The van der Waals surface area contributed by atoms with Gasteiger partial charge >= 0.3 is 5.97 Å². The number of ether oxygens (including phenoxy) is 2. The number of sulfonamides is 1. The molecule has 1 aliphatic rings. The van der Waals surface area contributed by atoms with Gasteiger partial charge in [0.25, 0.3) is 15.9 Å². The van der Waals surface area contributed by atoms with Crippen LogP contribution in [-0.4, -0.2) is 44.9 Å². The zero-order chi connectivity index (χ0) is 24.8. The van der Waals surface area contributed by atoms with Gasteiger partial charge in [-0.25, -0.2) is 8.42 Å². The SMILES string of the molecule is COc1ccc(CNC(=O)COC(=O)CC2c3ccccc3CCN2S(=O)(=O)c2cccs2)cc1. The number of benzene rings is 2. The van der Waals surface area contributed by atoms with Crippen molar-refractivity contribution in [2.24, 2.45) is 0 Å². The number of fused-ring (bicyclic) bond motifs is 1. The summed E-state index contributed by atoms with van der Waals surface area (Å²) in [6, 6.07) is 17.3. The largest absolute Gasteiger partial charge is 0.497 e. The minimum absolute atomic E-state index is 0.187. The summed E-state index contributed by atoms with van der Waals surface area (Å²) in [4.78, 5) is 24.9. The van der Waals surface area contributed by atoms with Gasteiger partial charge < -0.3 is 14.8 Å². The maximum Gasteiger partial charge on any atom is 0.308 e. The summed E-state index contributed by atoms with van der Waals surface area (Å²) in [5.41, 5.74) is 2.65. The van der Waals surface area contributed by atoms with Crippen LogP contribution >= 0.6 is 11.3 Å². The molecule has 3 aromatic rings. The number of hydrogen-bond donors (Lipinski definition) is 1. The van der Waals surface area contributed by atoms with E-state index in [9.17, 15) is 18.0 Å². The van der Waals surface area contributed by atoms with Gasteiger partial charge in [-0.05, 0) is 46.7 Å². The Balaban J connectivity index is 1.39. The summed E-state index contributed by atoms with van der Waals surface area (Å²) >= 11 is 1.14. The molecule has 1 unspecified atom stereocenters. The Morgan fingerprint density at radius 3 is 2.57 bits per heavy atom. The first-order valence-electron chi connectivity index (χ1n) is 11.1. The van der Waals surface area contributed by atoms with Crippen molar-refractivity contribution >= 4 is 33.2 Å². The average Bonchev–Trinajstić information content (AvgIpc) is 3.43. The van der Waals surface area contributed by atoms with Gasteiger partial charge in [-0.3, -0.25) is 9.59 Å². The first-order valence-corrected chi connectivity index (χ1v) is 13.4. The van der Waals surface area contributed by atoms with E-state index >= 15 is 0 Å². The van der Waals surface area contributed by atoms with Gasteiger partial charge in [0.1, 0.15) is 9.96 Å². The van der Waals surface area contributed by atoms with E-state index in [1.807, 2.05) is 36.4 Å². The molecule has 35 heavy (non-hydrogen) atoms. The third kappa shape index (κ3) is 5.90. The monoisotopic (exact) mass is 514 g/mol. The van der Waals surface area contributed by atoms with Gasteiger partial charge in [0.15, 0.2) is 6.61 Å². The number of carbonyl (C=O) groups is 2. The summed E-state index contributed by atoms with van der Waals surface area (Å²) in [5, 5.41) is 4.41. The van der Waals surface area contributed by atoms with Gasteiger partial charge in [0, 0.05) is 13.1 Å². The lowest BCUT2D eigenvalue weighted by atomic mass is 9.92. The van der Waals surface area contributed by atoms with E-state index in [2.05, 4.69) is 5.32 Å². The fourth-order valence-corrected chi connectivity index (χ4v) is 6.74. The average molecular weight is 515 g/mol. The number of carbonyl (C=O) groups excluding carboxylic acids is 2. The number of nitrogens with zero attached hydrogens (tertiary/aromatic N) is 1. The lowest BCUT2D eigenvalue weighted by Crippen LogP contribution is -2.41. The molecule has 1 aromatic heterocycles. The zero-order valence-corrected chi connectivity index (χ0v) is 20.8. The molecule has 10 heteroatoms. The van der Waals surface area contributed by atoms with Crippen LogP contribution in [0.3, 0.4) is 0 Å². The molecule has 0 radical (unpaired) electrons. The van der Waals surface area contributed by atoms with Crippen LogP contribution in [0, 0.1) is 0 Å². The first kappa shape index (κ1) is 24.9. The quantitative estimate of drug-likeness (QED) is 0.440. The maximum absolute atomic E-state index is 13.3. The second-order valence-electron chi connectivity index (χ2n) is 8.00. The molecule has 0 fully saturated rings. The molecular formula is C25H26N2O6S2. The summed E-state index contributed by atoms with van der Waals surface area (Å²) < 4.78 is 38.5. The Kier molecular flexibility index (Phi) is 7.84. The molecule has 184 valence electrons. The molecule has 4 rings (SSSR count). The van der Waals surface area contributed by atoms with Gasteiger partial charge in [0.05, 0.1) is 19.6 Å². The molecular weight excluding hydrogens is 488 g/mol. The second-order valence-corrected chi connectivity index (χ2v) is 11.1. The first-order chi connectivity index (χ1) is 16.9. The van der Waals surface area contributed by atoms with Gasteiger partial charge in [-0.2, -0.15) is 4.31 Å². The third-order valence-corrected chi connectivity index (χ3v) is 9.08. The van der Waals surface area contributed by atoms with Crippen LogP contribution in [0.5, 0.6) is 5.75 Å².